The zero-order valence-corrected chi connectivity index (χ0v) is 29.0. The summed E-state index contributed by atoms with van der Waals surface area (Å²) in [6.07, 6.45) is -1.55. The molecule has 0 saturated carbocycles. The molecule has 6 N–H and O–H groups in total. The maximum atomic E-state index is 13.8. The van der Waals surface area contributed by atoms with Gasteiger partial charge in [0.25, 0.3) is 5.91 Å². The van der Waals surface area contributed by atoms with Crippen molar-refractivity contribution >= 4 is 45.4 Å². The largest absolute Gasteiger partial charge is 0.389 e. The summed E-state index contributed by atoms with van der Waals surface area (Å²) in [5, 5.41) is 23.1. The van der Waals surface area contributed by atoms with E-state index in [1.54, 1.807) is 18.2 Å². The molecule has 11 heteroatoms. The van der Waals surface area contributed by atoms with Crippen LogP contribution < -0.4 is 21.7 Å². The summed E-state index contributed by atoms with van der Waals surface area (Å²) in [5.41, 5.74) is 7.28. The molecule has 11 nitrogen and oxygen atoms in total. The molecule has 1 heterocycles. The fourth-order valence-corrected chi connectivity index (χ4v) is 5.80. The molecule has 0 spiro atoms. The molecule has 5 rings (SSSR count). The number of aliphatic hydroxyl groups excluding tert-OH is 1. The Morgan fingerprint density at radius 1 is 0.784 bits per heavy atom. The summed E-state index contributed by atoms with van der Waals surface area (Å²) in [4.78, 5) is 58.7. The Morgan fingerprint density at radius 2 is 1.43 bits per heavy atom. The lowest BCUT2D eigenvalue weighted by Crippen LogP contribution is -2.57. The summed E-state index contributed by atoms with van der Waals surface area (Å²) in [6.45, 7) is 5.66. The van der Waals surface area contributed by atoms with Gasteiger partial charge in [0.15, 0.2) is 0 Å². The van der Waals surface area contributed by atoms with E-state index >= 15 is 0 Å². The number of para-hydroxylation sites is 1. The Kier molecular flexibility index (Phi) is 11.6. The van der Waals surface area contributed by atoms with E-state index in [0.717, 1.165) is 27.3 Å². The number of nitrogens with two attached hydrogens (primary N) is 1. The number of carbonyl (C=O) groups is 4. The highest BCUT2D eigenvalue weighted by molar-refractivity contribution is 5.99. The Morgan fingerprint density at radius 3 is 2.14 bits per heavy atom. The van der Waals surface area contributed by atoms with Crippen molar-refractivity contribution in [2.75, 3.05) is 6.54 Å². The summed E-state index contributed by atoms with van der Waals surface area (Å²) >= 11 is 0. The van der Waals surface area contributed by atoms with Gasteiger partial charge < -0.3 is 31.7 Å². The number of primary amides is 1. The van der Waals surface area contributed by atoms with Crippen molar-refractivity contribution in [2.45, 2.75) is 63.9 Å². The van der Waals surface area contributed by atoms with E-state index in [-0.39, 0.29) is 31.2 Å². The first kappa shape index (κ1) is 36.5. The van der Waals surface area contributed by atoms with Crippen LogP contribution in [0.5, 0.6) is 0 Å². The number of urea groups is 1. The van der Waals surface area contributed by atoms with Crippen LogP contribution >= 0.6 is 0 Å². The van der Waals surface area contributed by atoms with Gasteiger partial charge in [0.05, 0.1) is 30.6 Å². The quantitative estimate of drug-likeness (QED) is 0.123. The number of benzene rings is 4. The molecule has 0 radical (unpaired) electrons. The summed E-state index contributed by atoms with van der Waals surface area (Å²) in [5.74, 6) is -2.19. The molecule has 5 aromatic rings. The van der Waals surface area contributed by atoms with Crippen molar-refractivity contribution in [2.24, 2.45) is 5.73 Å². The SMILES string of the molecule is CC(C)(C)NC(=O)N(Cc1ccc2ccccc2c1)CC(O)C(Cc1ccccc1)NC(=O)C(CC(N)=O)NC(=O)c1ccc2ccccc2n1. The zero-order valence-electron chi connectivity index (χ0n) is 29.0. The lowest BCUT2D eigenvalue weighted by atomic mass is 9.99. The molecule has 0 fully saturated rings. The molecular weight excluding hydrogens is 644 g/mol. The second-order valence-corrected chi connectivity index (χ2v) is 13.7. The van der Waals surface area contributed by atoms with E-state index in [9.17, 15) is 24.3 Å². The zero-order chi connectivity index (χ0) is 36.5. The smallest absolute Gasteiger partial charge is 0.318 e. The van der Waals surface area contributed by atoms with E-state index in [4.69, 9.17) is 5.73 Å². The van der Waals surface area contributed by atoms with Gasteiger partial charge in [0.2, 0.25) is 11.8 Å². The van der Waals surface area contributed by atoms with E-state index in [2.05, 4.69) is 20.9 Å². The number of aliphatic hydroxyl groups is 1. The van der Waals surface area contributed by atoms with Crippen LogP contribution in [0.25, 0.3) is 21.7 Å². The Hall–Kier alpha value is -5.81. The normalized spacial score (nSPS) is 13.2. The van der Waals surface area contributed by atoms with E-state index < -0.39 is 47.9 Å². The predicted octanol–water partition coefficient (Wildman–Crippen LogP) is 4.46. The van der Waals surface area contributed by atoms with Crippen LogP contribution in [0.1, 0.15) is 48.8 Å². The number of aromatic nitrogens is 1. The van der Waals surface area contributed by atoms with Crippen molar-refractivity contribution in [3.05, 3.63) is 126 Å². The van der Waals surface area contributed by atoms with Crippen molar-refractivity contribution in [3.63, 3.8) is 0 Å². The third-order valence-electron chi connectivity index (χ3n) is 8.31. The van der Waals surface area contributed by atoms with Gasteiger partial charge >= 0.3 is 6.03 Å². The highest BCUT2D eigenvalue weighted by Gasteiger charge is 2.31. The maximum Gasteiger partial charge on any atom is 0.318 e. The van der Waals surface area contributed by atoms with Crippen molar-refractivity contribution in [1.29, 1.82) is 0 Å². The first-order chi connectivity index (χ1) is 24.3. The minimum atomic E-state index is -1.35. The van der Waals surface area contributed by atoms with E-state index in [0.29, 0.717) is 5.52 Å². The molecule has 0 bridgehead atoms. The first-order valence-electron chi connectivity index (χ1n) is 16.9. The number of hydrogen-bond acceptors (Lipinski definition) is 6. The third kappa shape index (κ3) is 10.3. The van der Waals surface area contributed by atoms with Gasteiger partial charge in [-0.05, 0) is 67.3 Å². The number of amides is 5. The van der Waals surface area contributed by atoms with Crippen LogP contribution in [-0.2, 0) is 22.6 Å². The second-order valence-electron chi connectivity index (χ2n) is 13.7. The van der Waals surface area contributed by atoms with Crippen molar-refractivity contribution < 1.29 is 24.3 Å². The highest BCUT2D eigenvalue weighted by atomic mass is 16.3. The summed E-state index contributed by atoms with van der Waals surface area (Å²) < 4.78 is 0. The van der Waals surface area contributed by atoms with Gasteiger partial charge in [-0.15, -0.1) is 0 Å². The lowest BCUT2D eigenvalue weighted by molar-refractivity contribution is -0.128. The Balaban J connectivity index is 1.39. The number of nitrogens with one attached hydrogen (secondary N) is 3. The molecule has 3 unspecified atom stereocenters. The third-order valence-corrected chi connectivity index (χ3v) is 8.31. The van der Waals surface area contributed by atoms with Crippen molar-refractivity contribution in [1.82, 2.24) is 25.8 Å². The average molecular weight is 689 g/mol. The number of hydrogen-bond donors (Lipinski definition) is 5. The van der Waals surface area contributed by atoms with Crippen LogP contribution in [0.3, 0.4) is 0 Å². The highest BCUT2D eigenvalue weighted by Crippen LogP contribution is 2.19. The second kappa shape index (κ2) is 16.3. The molecule has 0 aliphatic heterocycles. The topological polar surface area (TPSA) is 167 Å². The van der Waals surface area contributed by atoms with Gasteiger partial charge in [0, 0.05) is 17.5 Å². The number of pyridine rings is 1. The predicted molar refractivity (Wildman–Crippen MR) is 198 cm³/mol. The molecule has 51 heavy (non-hydrogen) atoms. The molecule has 3 atom stereocenters. The van der Waals surface area contributed by atoms with Gasteiger partial charge in [0.1, 0.15) is 11.7 Å². The maximum absolute atomic E-state index is 13.8. The monoisotopic (exact) mass is 688 g/mol. The van der Waals surface area contributed by atoms with Gasteiger partial charge in [-0.25, -0.2) is 9.78 Å². The fraction of sp³-hybridized carbons (Fsp3) is 0.275. The molecule has 5 amide bonds. The molecule has 4 aromatic carbocycles. The fourth-order valence-electron chi connectivity index (χ4n) is 5.80. The molecule has 0 saturated heterocycles. The van der Waals surface area contributed by atoms with Gasteiger partial charge in [-0.3, -0.25) is 14.4 Å². The summed E-state index contributed by atoms with van der Waals surface area (Å²) in [6, 6.07) is 31.0. The van der Waals surface area contributed by atoms with Crippen molar-refractivity contribution in [3.8, 4) is 0 Å². The van der Waals surface area contributed by atoms with Crippen LogP contribution in [0.15, 0.2) is 109 Å². The van der Waals surface area contributed by atoms with Crippen LogP contribution in [0.2, 0.25) is 0 Å². The number of carbonyl (C=O) groups excluding carboxylic acids is 4. The van der Waals surface area contributed by atoms with Crippen LogP contribution in [0, 0.1) is 0 Å². The first-order valence-corrected chi connectivity index (χ1v) is 16.9. The number of nitrogens with zero attached hydrogens (tertiary/aromatic N) is 2. The minimum absolute atomic E-state index is 0.0611. The summed E-state index contributed by atoms with van der Waals surface area (Å²) in [7, 11) is 0. The minimum Gasteiger partial charge on any atom is -0.389 e. The van der Waals surface area contributed by atoms with Gasteiger partial charge in [-0.2, -0.15) is 0 Å². The van der Waals surface area contributed by atoms with E-state index in [1.165, 1.54) is 11.0 Å². The van der Waals surface area contributed by atoms with Crippen LogP contribution in [-0.4, -0.2) is 69.0 Å². The van der Waals surface area contributed by atoms with Gasteiger partial charge in [-0.1, -0.05) is 91.0 Å². The molecule has 0 aliphatic rings. The number of rotatable bonds is 13. The number of fused-ring (bicyclic) bond motifs is 2. The molecule has 264 valence electrons. The average Bonchev–Trinajstić information content (AvgIpc) is 3.10. The molecular formula is C40H44N6O5. The standard InChI is InChI=1S/C40H44N6O5/c1-40(2,3)45-39(51)46(24-27-17-18-28-13-7-8-15-30(28)21-27)25-35(47)33(22-26-11-5-4-6-12-26)43-38(50)34(23-36(41)48)44-37(49)32-20-19-29-14-9-10-16-31(29)42-32/h4-21,33-35,47H,22-25H2,1-3H3,(H2,41,48)(H,43,50)(H,44,49)(H,45,51). The Labute approximate surface area is 297 Å². The lowest BCUT2D eigenvalue weighted by Gasteiger charge is -2.33. The molecule has 0 aliphatic carbocycles. The van der Waals surface area contributed by atoms with Crippen LogP contribution in [0.4, 0.5) is 4.79 Å². The van der Waals surface area contributed by atoms with E-state index in [1.807, 2.05) is 106 Å². The Bertz CT molecular complexity index is 2010. The molecule has 1 aromatic heterocycles.